The first-order valence-electron chi connectivity index (χ1n) is 18.7. The standard InChI is InChI=1S/C44H56N2O8/c1-8-18-35(47)43(4,5)37-23-14-12-10-11-13-20-30(3)26-40-46-34(29-52-40)42(50)54-38(44(6,7)36(48)19-9-2)24-17-22-32-27-31(32)21-15-16-25-39-45-33(28-51-39)41(49)53-37/h8-22,25,28-32,35-38,47-48H,23-24,26-27H2,1-7H3/b11-10-,14-12-,18-8+,19-9+,20-13+,21-15+,22-17-,25-16-/t30-,31+,32-,35-,36-,37-,38-/m0/s1. The second kappa shape index (κ2) is 19.5. The molecule has 1 aliphatic heterocycles. The van der Waals surface area contributed by atoms with Crippen LogP contribution in [0.2, 0.25) is 0 Å². The fourth-order valence-corrected chi connectivity index (χ4v) is 5.99. The summed E-state index contributed by atoms with van der Waals surface area (Å²) >= 11 is 0. The van der Waals surface area contributed by atoms with Crippen LogP contribution in [0.15, 0.2) is 113 Å². The monoisotopic (exact) mass is 740 g/mol. The highest BCUT2D eigenvalue weighted by Crippen LogP contribution is 2.41. The number of esters is 2. The van der Waals surface area contributed by atoms with Crippen molar-refractivity contribution in [1.82, 2.24) is 9.97 Å². The van der Waals surface area contributed by atoms with E-state index in [1.807, 2.05) is 103 Å². The van der Waals surface area contributed by atoms with Crippen LogP contribution in [-0.4, -0.2) is 56.5 Å². The maximum atomic E-state index is 13.3. The van der Waals surface area contributed by atoms with E-state index in [1.165, 1.54) is 12.5 Å². The van der Waals surface area contributed by atoms with Gasteiger partial charge in [0, 0.05) is 36.2 Å². The molecule has 2 aliphatic rings. The lowest BCUT2D eigenvalue weighted by molar-refractivity contribution is -0.0461. The van der Waals surface area contributed by atoms with Crippen molar-refractivity contribution >= 4 is 18.0 Å². The molecular formula is C44H56N2O8. The number of nitrogens with zero attached hydrogens (tertiary/aromatic N) is 2. The minimum absolute atomic E-state index is 0.0431. The Bertz CT molecular complexity index is 1780. The molecule has 290 valence electrons. The van der Waals surface area contributed by atoms with Crippen molar-refractivity contribution in [2.75, 3.05) is 0 Å². The molecule has 0 amide bonds. The molecule has 0 radical (unpaired) electrons. The number of aliphatic hydroxyl groups excluding tert-OH is 2. The molecule has 3 heterocycles. The summed E-state index contributed by atoms with van der Waals surface area (Å²) in [5, 5.41) is 21.8. The Hall–Kier alpha value is -4.80. The van der Waals surface area contributed by atoms with E-state index in [4.69, 9.17) is 18.3 Å². The van der Waals surface area contributed by atoms with Gasteiger partial charge in [0.1, 0.15) is 24.7 Å². The SMILES string of the molecule is C/C=C/[C@H](O)C(C)(C)[C@@H]1C\C=C/C=C\C=C\[C@H](C)Cc2nc(co2)C(=O)O[C@H](C(C)(C)[C@@H](O)/C=C/C)C/C=C\[C@H]2C[C@H]2/C=C/C=C\c2nc(co2)C(=O)O1. The Morgan fingerprint density at radius 3 is 1.93 bits per heavy atom. The van der Waals surface area contributed by atoms with Gasteiger partial charge >= 0.3 is 11.9 Å². The van der Waals surface area contributed by atoms with E-state index in [0.717, 1.165) is 6.42 Å². The van der Waals surface area contributed by atoms with Crippen LogP contribution in [-0.2, 0) is 15.9 Å². The number of carbonyl (C=O) groups is 2. The summed E-state index contributed by atoms with van der Waals surface area (Å²) < 4.78 is 23.1. The average molecular weight is 741 g/mol. The van der Waals surface area contributed by atoms with E-state index in [1.54, 1.807) is 30.4 Å². The number of rotatable bonds is 6. The summed E-state index contributed by atoms with van der Waals surface area (Å²) in [5.41, 5.74) is -1.46. The van der Waals surface area contributed by atoms with E-state index in [0.29, 0.717) is 37.0 Å². The third kappa shape index (κ3) is 11.9. The third-order valence-corrected chi connectivity index (χ3v) is 10.0. The van der Waals surface area contributed by atoms with Gasteiger partial charge in [-0.2, -0.15) is 0 Å². The molecule has 54 heavy (non-hydrogen) atoms. The van der Waals surface area contributed by atoms with Crippen molar-refractivity contribution in [2.24, 2.45) is 28.6 Å². The fraction of sp³-hybridized carbons (Fsp3) is 0.455. The Balaban J connectivity index is 1.56. The molecule has 1 saturated carbocycles. The predicted molar refractivity (Wildman–Crippen MR) is 209 cm³/mol. The first-order valence-corrected chi connectivity index (χ1v) is 18.7. The van der Waals surface area contributed by atoms with Crippen molar-refractivity contribution in [2.45, 2.75) is 98.6 Å². The maximum Gasteiger partial charge on any atom is 0.360 e. The highest BCUT2D eigenvalue weighted by atomic mass is 16.6. The number of carbonyl (C=O) groups excluding carboxylic acids is 2. The van der Waals surface area contributed by atoms with Gasteiger partial charge in [-0.15, -0.1) is 0 Å². The lowest BCUT2D eigenvalue weighted by Crippen LogP contribution is -2.42. The summed E-state index contributed by atoms with van der Waals surface area (Å²) in [5.74, 6) is 0.179. The average Bonchev–Trinajstić information content (AvgIpc) is 3.45. The molecule has 0 saturated heterocycles. The largest absolute Gasteiger partial charge is 0.457 e. The fourth-order valence-electron chi connectivity index (χ4n) is 5.99. The van der Waals surface area contributed by atoms with E-state index >= 15 is 0 Å². The quantitative estimate of drug-likeness (QED) is 0.218. The molecule has 10 heteroatoms. The van der Waals surface area contributed by atoms with Gasteiger partial charge < -0.3 is 28.5 Å². The van der Waals surface area contributed by atoms with Gasteiger partial charge in [-0.3, -0.25) is 0 Å². The van der Waals surface area contributed by atoms with Gasteiger partial charge in [0.25, 0.3) is 0 Å². The van der Waals surface area contributed by atoms with Gasteiger partial charge in [0.15, 0.2) is 17.3 Å². The van der Waals surface area contributed by atoms with Crippen molar-refractivity contribution in [1.29, 1.82) is 0 Å². The molecule has 0 aromatic carbocycles. The third-order valence-electron chi connectivity index (χ3n) is 10.0. The maximum absolute atomic E-state index is 13.3. The van der Waals surface area contributed by atoms with Crippen LogP contribution in [0, 0.1) is 28.6 Å². The Morgan fingerprint density at radius 1 is 0.722 bits per heavy atom. The van der Waals surface area contributed by atoms with Crippen LogP contribution in [0.4, 0.5) is 0 Å². The smallest absolute Gasteiger partial charge is 0.360 e. The summed E-state index contributed by atoms with van der Waals surface area (Å²) in [6.45, 7) is 13.2. The van der Waals surface area contributed by atoms with Crippen LogP contribution in [0.3, 0.4) is 0 Å². The minimum Gasteiger partial charge on any atom is -0.457 e. The van der Waals surface area contributed by atoms with Crippen molar-refractivity contribution in [3.63, 3.8) is 0 Å². The number of allylic oxidation sites excluding steroid dienone is 11. The summed E-state index contributed by atoms with van der Waals surface area (Å²) in [6.07, 6.45) is 31.8. The zero-order chi connectivity index (χ0) is 39.3. The molecule has 1 aliphatic carbocycles. The highest BCUT2D eigenvalue weighted by Gasteiger charge is 2.39. The Kier molecular flexibility index (Phi) is 15.2. The van der Waals surface area contributed by atoms with Crippen LogP contribution < -0.4 is 0 Å². The first kappa shape index (κ1) is 41.9. The summed E-state index contributed by atoms with van der Waals surface area (Å²) in [4.78, 5) is 35.2. The van der Waals surface area contributed by atoms with Crippen molar-refractivity contribution in [3.05, 3.63) is 127 Å². The minimum atomic E-state index is -0.850. The molecule has 0 spiro atoms. The molecule has 7 atom stereocenters. The molecule has 10 nitrogen and oxygen atoms in total. The molecule has 2 N–H and O–H groups in total. The number of hydrogen-bond donors (Lipinski definition) is 2. The number of oxazole rings is 2. The molecule has 2 aromatic rings. The van der Waals surface area contributed by atoms with Gasteiger partial charge in [-0.05, 0) is 38.0 Å². The van der Waals surface area contributed by atoms with Gasteiger partial charge in [0.05, 0.1) is 12.2 Å². The number of hydrogen-bond acceptors (Lipinski definition) is 10. The van der Waals surface area contributed by atoms with E-state index in [2.05, 4.69) is 22.1 Å². The number of cyclic esters (lactones) is 2. The lowest BCUT2D eigenvalue weighted by Gasteiger charge is -2.36. The molecule has 0 unspecified atom stereocenters. The molecular weight excluding hydrogens is 684 g/mol. The Morgan fingerprint density at radius 2 is 1.28 bits per heavy atom. The van der Waals surface area contributed by atoms with Crippen LogP contribution in [0.1, 0.15) is 100 Å². The number of ether oxygens (including phenoxy) is 2. The topological polar surface area (TPSA) is 145 Å². The normalized spacial score (nSPS) is 28.6. The van der Waals surface area contributed by atoms with Gasteiger partial charge in [-0.1, -0.05) is 126 Å². The van der Waals surface area contributed by atoms with Gasteiger partial charge in [-0.25, -0.2) is 19.6 Å². The first-order chi connectivity index (χ1) is 25.8. The Labute approximate surface area is 319 Å². The van der Waals surface area contributed by atoms with Gasteiger partial charge in [0.2, 0.25) is 5.89 Å². The second-order valence-corrected chi connectivity index (χ2v) is 15.2. The number of fused-ring (bicyclic) bond motifs is 5. The van der Waals surface area contributed by atoms with Crippen LogP contribution >= 0.6 is 0 Å². The van der Waals surface area contributed by atoms with E-state index < -0.39 is 47.2 Å². The van der Waals surface area contributed by atoms with Crippen LogP contribution in [0.5, 0.6) is 0 Å². The van der Waals surface area contributed by atoms with Crippen molar-refractivity contribution in [3.8, 4) is 0 Å². The summed E-state index contributed by atoms with van der Waals surface area (Å²) in [7, 11) is 0. The lowest BCUT2D eigenvalue weighted by atomic mass is 9.79. The molecule has 4 rings (SSSR count). The highest BCUT2D eigenvalue weighted by molar-refractivity contribution is 5.87. The second-order valence-electron chi connectivity index (χ2n) is 15.2. The number of aromatic nitrogens is 2. The molecule has 1 fully saturated rings. The summed E-state index contributed by atoms with van der Waals surface area (Å²) in [6, 6.07) is 0. The van der Waals surface area contributed by atoms with Crippen LogP contribution in [0.25, 0.3) is 6.08 Å². The number of aliphatic hydroxyl groups is 2. The molecule has 2 aromatic heterocycles. The van der Waals surface area contributed by atoms with Crippen molar-refractivity contribution < 1.29 is 38.1 Å². The zero-order valence-electron chi connectivity index (χ0n) is 32.5. The van der Waals surface area contributed by atoms with E-state index in [9.17, 15) is 19.8 Å². The molecule has 4 bridgehead atoms. The predicted octanol–water partition coefficient (Wildman–Crippen LogP) is 8.74. The van der Waals surface area contributed by atoms with E-state index in [-0.39, 0.29) is 23.2 Å². The zero-order valence-corrected chi connectivity index (χ0v) is 32.5.